The Bertz CT molecular complexity index is 346. The molecular formula is C13H20N2OS. The van der Waals surface area contributed by atoms with Crippen molar-refractivity contribution in [2.45, 2.75) is 38.1 Å². The fourth-order valence-electron chi connectivity index (χ4n) is 2.02. The Hall–Kier alpha value is -0.870. The van der Waals surface area contributed by atoms with Gasteiger partial charge in [-0.2, -0.15) is 0 Å². The molecule has 1 aliphatic carbocycles. The quantitative estimate of drug-likeness (QED) is 0.779. The summed E-state index contributed by atoms with van der Waals surface area (Å²) >= 11 is 1.76. The summed E-state index contributed by atoms with van der Waals surface area (Å²) in [6, 6.07) is 4.39. The Morgan fingerprint density at radius 2 is 2.41 bits per heavy atom. The minimum atomic E-state index is 0.156. The summed E-state index contributed by atoms with van der Waals surface area (Å²) in [6.07, 6.45) is 4.98. The standard InChI is InChI=1S/C13H20N2OS/c14-9-12(10-6-7-10)15-13(16)5-1-3-11-4-2-8-17-11/h2,4,8,10,12H,1,3,5-7,9,14H2,(H,15,16). The highest BCUT2D eigenvalue weighted by atomic mass is 32.1. The first-order chi connectivity index (χ1) is 8.29. The smallest absolute Gasteiger partial charge is 0.220 e. The fourth-order valence-corrected chi connectivity index (χ4v) is 2.78. The highest BCUT2D eigenvalue weighted by Gasteiger charge is 2.30. The first kappa shape index (κ1) is 12.6. The predicted octanol–water partition coefficient (Wildman–Crippen LogP) is 1.92. The van der Waals surface area contributed by atoms with E-state index in [1.165, 1.54) is 17.7 Å². The molecule has 3 nitrogen and oxygen atoms in total. The van der Waals surface area contributed by atoms with E-state index in [0.717, 1.165) is 12.8 Å². The van der Waals surface area contributed by atoms with Gasteiger partial charge in [0.15, 0.2) is 0 Å². The Labute approximate surface area is 106 Å². The molecule has 1 saturated carbocycles. The number of hydrogen-bond acceptors (Lipinski definition) is 3. The molecule has 0 spiro atoms. The molecule has 1 unspecified atom stereocenters. The number of rotatable bonds is 7. The number of nitrogens with one attached hydrogen (secondary N) is 1. The molecule has 94 valence electrons. The zero-order valence-electron chi connectivity index (χ0n) is 10.0. The molecule has 1 aliphatic rings. The lowest BCUT2D eigenvalue weighted by Crippen LogP contribution is -2.41. The highest BCUT2D eigenvalue weighted by Crippen LogP contribution is 2.32. The van der Waals surface area contributed by atoms with Crippen molar-refractivity contribution in [1.82, 2.24) is 5.32 Å². The monoisotopic (exact) mass is 252 g/mol. The number of nitrogens with two attached hydrogens (primary N) is 1. The zero-order valence-corrected chi connectivity index (χ0v) is 10.8. The molecule has 0 radical (unpaired) electrons. The van der Waals surface area contributed by atoms with Crippen molar-refractivity contribution in [1.29, 1.82) is 0 Å². The Balaban J connectivity index is 1.63. The van der Waals surface area contributed by atoms with Crippen molar-refractivity contribution < 1.29 is 4.79 Å². The molecule has 1 fully saturated rings. The lowest BCUT2D eigenvalue weighted by atomic mass is 10.1. The van der Waals surface area contributed by atoms with Crippen LogP contribution in [0.15, 0.2) is 17.5 Å². The molecule has 1 heterocycles. The second-order valence-electron chi connectivity index (χ2n) is 4.68. The maximum Gasteiger partial charge on any atom is 0.220 e. The van der Waals surface area contributed by atoms with Gasteiger partial charge in [-0.15, -0.1) is 11.3 Å². The number of carbonyl (C=O) groups excluding carboxylic acids is 1. The summed E-state index contributed by atoms with van der Waals surface area (Å²) in [4.78, 5) is 13.1. The number of carbonyl (C=O) groups is 1. The van der Waals surface area contributed by atoms with Crippen LogP contribution in [0.4, 0.5) is 0 Å². The van der Waals surface area contributed by atoms with Crippen LogP contribution >= 0.6 is 11.3 Å². The van der Waals surface area contributed by atoms with E-state index >= 15 is 0 Å². The zero-order chi connectivity index (χ0) is 12.1. The van der Waals surface area contributed by atoms with Crippen LogP contribution in [0.3, 0.4) is 0 Å². The van der Waals surface area contributed by atoms with Gasteiger partial charge in [0.05, 0.1) is 0 Å². The third-order valence-electron chi connectivity index (χ3n) is 3.20. The van der Waals surface area contributed by atoms with Crippen molar-refractivity contribution in [3.8, 4) is 0 Å². The molecule has 0 aliphatic heterocycles. The summed E-state index contributed by atoms with van der Waals surface area (Å²) < 4.78 is 0. The van der Waals surface area contributed by atoms with Gasteiger partial charge in [-0.3, -0.25) is 4.79 Å². The van der Waals surface area contributed by atoms with E-state index in [1.54, 1.807) is 11.3 Å². The van der Waals surface area contributed by atoms with Gasteiger partial charge in [0, 0.05) is 23.9 Å². The maximum atomic E-state index is 11.7. The van der Waals surface area contributed by atoms with Gasteiger partial charge in [-0.25, -0.2) is 0 Å². The van der Waals surface area contributed by atoms with Crippen LogP contribution in [-0.2, 0) is 11.2 Å². The number of aryl methyl sites for hydroxylation is 1. The molecule has 0 aromatic carbocycles. The maximum absolute atomic E-state index is 11.7. The molecular weight excluding hydrogens is 232 g/mol. The van der Waals surface area contributed by atoms with E-state index < -0.39 is 0 Å². The molecule has 1 aromatic heterocycles. The Morgan fingerprint density at radius 3 is 3.00 bits per heavy atom. The van der Waals surface area contributed by atoms with Gasteiger partial charge in [0.1, 0.15) is 0 Å². The Morgan fingerprint density at radius 1 is 1.59 bits per heavy atom. The van der Waals surface area contributed by atoms with Crippen LogP contribution in [0.2, 0.25) is 0 Å². The molecule has 17 heavy (non-hydrogen) atoms. The lowest BCUT2D eigenvalue weighted by Gasteiger charge is -2.15. The molecule has 3 N–H and O–H groups in total. The van der Waals surface area contributed by atoms with E-state index in [2.05, 4.69) is 22.8 Å². The van der Waals surface area contributed by atoms with Gasteiger partial charge in [-0.1, -0.05) is 6.07 Å². The van der Waals surface area contributed by atoms with Crippen LogP contribution in [0.5, 0.6) is 0 Å². The first-order valence-electron chi connectivity index (χ1n) is 6.31. The van der Waals surface area contributed by atoms with Crippen molar-refractivity contribution >= 4 is 17.2 Å². The first-order valence-corrected chi connectivity index (χ1v) is 7.19. The SMILES string of the molecule is NCC(NC(=O)CCCc1cccs1)C1CC1. The van der Waals surface area contributed by atoms with Crippen LogP contribution in [0, 0.1) is 5.92 Å². The summed E-state index contributed by atoms with van der Waals surface area (Å²) in [5, 5.41) is 5.12. The fraction of sp³-hybridized carbons (Fsp3) is 0.615. The third kappa shape index (κ3) is 4.13. The average molecular weight is 252 g/mol. The summed E-state index contributed by atoms with van der Waals surface area (Å²) in [5.41, 5.74) is 5.65. The minimum absolute atomic E-state index is 0.156. The largest absolute Gasteiger partial charge is 0.352 e. The van der Waals surface area contributed by atoms with E-state index in [-0.39, 0.29) is 11.9 Å². The highest BCUT2D eigenvalue weighted by molar-refractivity contribution is 7.09. The minimum Gasteiger partial charge on any atom is -0.352 e. The normalized spacial score (nSPS) is 16.8. The molecule has 1 aromatic rings. The topological polar surface area (TPSA) is 55.1 Å². The van der Waals surface area contributed by atoms with Gasteiger partial charge >= 0.3 is 0 Å². The van der Waals surface area contributed by atoms with Gasteiger partial charge in [0.25, 0.3) is 0 Å². The van der Waals surface area contributed by atoms with Crippen LogP contribution in [0.1, 0.15) is 30.6 Å². The van der Waals surface area contributed by atoms with Gasteiger partial charge in [0.2, 0.25) is 5.91 Å². The molecule has 0 saturated heterocycles. The van der Waals surface area contributed by atoms with Crippen LogP contribution in [-0.4, -0.2) is 18.5 Å². The van der Waals surface area contributed by atoms with Crippen molar-refractivity contribution in [2.24, 2.45) is 11.7 Å². The van der Waals surface area contributed by atoms with Crippen LogP contribution in [0.25, 0.3) is 0 Å². The second-order valence-corrected chi connectivity index (χ2v) is 5.71. The predicted molar refractivity (Wildman–Crippen MR) is 71.0 cm³/mol. The average Bonchev–Trinajstić information content (AvgIpc) is 3.04. The molecule has 1 amide bonds. The summed E-state index contributed by atoms with van der Waals surface area (Å²) in [6.45, 7) is 0.571. The van der Waals surface area contributed by atoms with Gasteiger partial charge in [-0.05, 0) is 43.0 Å². The molecule has 2 rings (SSSR count). The van der Waals surface area contributed by atoms with Crippen molar-refractivity contribution in [3.05, 3.63) is 22.4 Å². The molecule has 1 atom stereocenters. The third-order valence-corrected chi connectivity index (χ3v) is 4.13. The van der Waals surface area contributed by atoms with Crippen LogP contribution < -0.4 is 11.1 Å². The van der Waals surface area contributed by atoms with Crippen molar-refractivity contribution in [3.63, 3.8) is 0 Å². The number of thiophene rings is 1. The number of amides is 1. The van der Waals surface area contributed by atoms with E-state index in [1.807, 2.05) is 0 Å². The second kappa shape index (κ2) is 6.17. The van der Waals surface area contributed by atoms with E-state index in [9.17, 15) is 4.79 Å². The molecule has 4 heteroatoms. The molecule has 0 bridgehead atoms. The number of hydrogen-bond donors (Lipinski definition) is 2. The summed E-state index contributed by atoms with van der Waals surface area (Å²) in [7, 11) is 0. The Kier molecular flexibility index (Phi) is 4.57. The van der Waals surface area contributed by atoms with Gasteiger partial charge < -0.3 is 11.1 Å². The van der Waals surface area contributed by atoms with E-state index in [0.29, 0.717) is 18.9 Å². The van der Waals surface area contributed by atoms with E-state index in [4.69, 9.17) is 5.73 Å². The summed E-state index contributed by atoms with van der Waals surface area (Å²) in [5.74, 6) is 0.796. The van der Waals surface area contributed by atoms with Crippen molar-refractivity contribution in [2.75, 3.05) is 6.54 Å². The lowest BCUT2D eigenvalue weighted by molar-refractivity contribution is -0.122.